The summed E-state index contributed by atoms with van der Waals surface area (Å²) in [6, 6.07) is 2.87. The maximum atomic E-state index is 11.0. The third kappa shape index (κ3) is 2.32. The quantitative estimate of drug-likeness (QED) is 0.471. The van der Waals surface area contributed by atoms with Crippen LogP contribution in [-0.2, 0) is 0 Å². The fourth-order valence-electron chi connectivity index (χ4n) is 1.78. The molecule has 0 aromatic heterocycles. The number of ether oxygens (including phenoxy) is 2. The number of aliphatic imine (C=N–C) groups is 1. The predicted molar refractivity (Wildman–Crippen MR) is 68.8 cm³/mol. The molecule has 2 aliphatic rings. The summed E-state index contributed by atoms with van der Waals surface area (Å²) in [6.45, 7) is 0.784. The van der Waals surface area contributed by atoms with Gasteiger partial charge in [0.25, 0.3) is 5.69 Å². The Morgan fingerprint density at radius 2 is 2.20 bits per heavy atom. The Kier molecular flexibility index (Phi) is 3.07. The van der Waals surface area contributed by atoms with Crippen LogP contribution in [0.15, 0.2) is 32.6 Å². The van der Waals surface area contributed by atoms with Crippen LogP contribution in [0.5, 0.6) is 11.5 Å². The molecule has 2 heterocycles. The van der Waals surface area contributed by atoms with Crippen molar-refractivity contribution in [1.29, 1.82) is 0 Å². The van der Waals surface area contributed by atoms with Gasteiger partial charge in [0.05, 0.1) is 28.8 Å². The van der Waals surface area contributed by atoms with Gasteiger partial charge in [0.1, 0.15) is 6.54 Å². The second-order valence-electron chi connectivity index (χ2n) is 4.05. The molecule has 9 nitrogen and oxygen atoms in total. The molecule has 0 aliphatic carbocycles. The Balaban J connectivity index is 1.84. The first-order chi connectivity index (χ1) is 9.74. The van der Waals surface area contributed by atoms with Gasteiger partial charge in [-0.25, -0.2) is 0 Å². The van der Waals surface area contributed by atoms with Gasteiger partial charge >= 0.3 is 0 Å². The normalized spacial score (nSPS) is 15.9. The van der Waals surface area contributed by atoms with Crippen molar-refractivity contribution in [1.82, 2.24) is 0 Å². The lowest BCUT2D eigenvalue weighted by Gasteiger charge is -2.00. The molecule has 0 unspecified atom stereocenters. The first-order valence-electron chi connectivity index (χ1n) is 5.74. The number of benzene rings is 1. The average Bonchev–Trinajstić information content (AvgIpc) is 3.07. The maximum Gasteiger partial charge on any atom is 0.282 e. The van der Waals surface area contributed by atoms with Crippen molar-refractivity contribution < 1.29 is 14.4 Å². The first-order valence-corrected chi connectivity index (χ1v) is 5.74. The largest absolute Gasteiger partial charge is 0.454 e. The van der Waals surface area contributed by atoms with E-state index in [1.165, 1.54) is 18.3 Å². The molecule has 0 radical (unpaired) electrons. The standard InChI is InChI=1S/C11H9N5O4/c17-16(18)9-2-11-10(19-6-20-11)1-7(9)3-12-4-8-5-13-15-14-8/h1-3H,4-6H2. The number of fused-ring (bicyclic) bond motifs is 1. The van der Waals surface area contributed by atoms with Crippen molar-refractivity contribution in [2.75, 3.05) is 19.9 Å². The number of rotatable bonds is 4. The van der Waals surface area contributed by atoms with Crippen LogP contribution in [0.2, 0.25) is 0 Å². The Morgan fingerprint density at radius 1 is 1.40 bits per heavy atom. The van der Waals surface area contributed by atoms with Crippen LogP contribution in [-0.4, -0.2) is 36.7 Å². The van der Waals surface area contributed by atoms with Crippen molar-refractivity contribution in [3.8, 4) is 11.5 Å². The van der Waals surface area contributed by atoms with E-state index in [2.05, 4.69) is 20.4 Å². The molecule has 0 saturated carbocycles. The van der Waals surface area contributed by atoms with Gasteiger partial charge in [-0.2, -0.15) is 5.11 Å². The predicted octanol–water partition coefficient (Wildman–Crippen LogP) is 1.56. The van der Waals surface area contributed by atoms with Crippen molar-refractivity contribution in [2.24, 2.45) is 20.4 Å². The van der Waals surface area contributed by atoms with E-state index >= 15 is 0 Å². The van der Waals surface area contributed by atoms with Crippen LogP contribution in [0.1, 0.15) is 5.56 Å². The zero-order chi connectivity index (χ0) is 13.9. The molecule has 0 saturated heterocycles. The van der Waals surface area contributed by atoms with E-state index in [0.717, 1.165) is 0 Å². The van der Waals surface area contributed by atoms with E-state index in [1.807, 2.05) is 0 Å². The van der Waals surface area contributed by atoms with Gasteiger partial charge in [0.15, 0.2) is 11.5 Å². The van der Waals surface area contributed by atoms with Crippen LogP contribution in [0.4, 0.5) is 5.69 Å². The number of hydrogen-bond donors (Lipinski definition) is 0. The molecule has 1 aromatic carbocycles. The van der Waals surface area contributed by atoms with Crippen LogP contribution < -0.4 is 9.47 Å². The van der Waals surface area contributed by atoms with E-state index in [0.29, 0.717) is 35.9 Å². The van der Waals surface area contributed by atoms with Crippen molar-refractivity contribution in [3.05, 3.63) is 27.8 Å². The molecule has 20 heavy (non-hydrogen) atoms. The van der Waals surface area contributed by atoms with Crippen LogP contribution >= 0.6 is 0 Å². The fourth-order valence-corrected chi connectivity index (χ4v) is 1.78. The molecule has 0 amide bonds. The second-order valence-corrected chi connectivity index (χ2v) is 4.05. The summed E-state index contributed by atoms with van der Waals surface area (Å²) in [7, 11) is 0. The smallest absolute Gasteiger partial charge is 0.282 e. The van der Waals surface area contributed by atoms with E-state index in [9.17, 15) is 10.1 Å². The minimum atomic E-state index is -0.485. The van der Waals surface area contributed by atoms with Gasteiger partial charge in [0, 0.05) is 6.21 Å². The lowest BCUT2D eigenvalue weighted by Crippen LogP contribution is -2.04. The Labute approximate surface area is 112 Å². The zero-order valence-electron chi connectivity index (χ0n) is 10.2. The molecule has 3 rings (SSSR count). The highest BCUT2D eigenvalue weighted by atomic mass is 16.7. The highest BCUT2D eigenvalue weighted by Crippen LogP contribution is 2.37. The first kappa shape index (κ1) is 12.2. The topological polar surface area (TPSA) is 111 Å². The summed E-state index contributed by atoms with van der Waals surface area (Å²) in [6.07, 6.45) is 1.42. The highest BCUT2D eigenvalue weighted by molar-refractivity contribution is 5.92. The van der Waals surface area contributed by atoms with Crippen LogP contribution in [0.3, 0.4) is 0 Å². The second kappa shape index (κ2) is 5.03. The molecule has 102 valence electrons. The lowest BCUT2D eigenvalue weighted by atomic mass is 10.1. The Hall–Kier alpha value is -2.84. The van der Waals surface area contributed by atoms with E-state index in [-0.39, 0.29) is 12.5 Å². The van der Waals surface area contributed by atoms with Gasteiger partial charge < -0.3 is 9.47 Å². The number of hydrogen-bond acceptors (Lipinski definition) is 8. The van der Waals surface area contributed by atoms with E-state index in [1.54, 1.807) is 0 Å². The molecule has 0 spiro atoms. The van der Waals surface area contributed by atoms with Crippen molar-refractivity contribution in [2.45, 2.75) is 0 Å². The molecular weight excluding hydrogens is 266 g/mol. The molecule has 0 N–H and O–H groups in total. The number of nitrogens with zero attached hydrogens (tertiary/aromatic N) is 5. The van der Waals surface area contributed by atoms with Gasteiger partial charge in [-0.3, -0.25) is 15.1 Å². The fraction of sp³-hybridized carbons (Fsp3) is 0.273. The van der Waals surface area contributed by atoms with Gasteiger partial charge in [-0.1, -0.05) is 0 Å². The molecular formula is C11H9N5O4. The third-order valence-electron chi connectivity index (χ3n) is 2.73. The number of nitro groups is 1. The zero-order valence-corrected chi connectivity index (χ0v) is 10.2. The van der Waals surface area contributed by atoms with Crippen molar-refractivity contribution in [3.63, 3.8) is 0 Å². The maximum absolute atomic E-state index is 11.0. The summed E-state index contributed by atoms with van der Waals surface area (Å²) in [5, 5.41) is 22.0. The third-order valence-corrected chi connectivity index (χ3v) is 2.73. The molecule has 9 heteroatoms. The Bertz CT molecular complexity index is 652. The molecule has 0 bridgehead atoms. The summed E-state index contributed by atoms with van der Waals surface area (Å²) < 4.78 is 10.3. The molecule has 1 aromatic rings. The minimum absolute atomic E-state index is 0.0624. The SMILES string of the molecule is O=[N+]([O-])c1cc2c(cc1C=NCC1=NN=NC1)OCO2. The van der Waals surface area contributed by atoms with E-state index < -0.39 is 4.92 Å². The van der Waals surface area contributed by atoms with Crippen LogP contribution in [0, 0.1) is 10.1 Å². The molecule has 0 atom stereocenters. The number of nitro benzene ring substituents is 1. The summed E-state index contributed by atoms with van der Waals surface area (Å²) in [4.78, 5) is 14.7. The molecule has 0 fully saturated rings. The van der Waals surface area contributed by atoms with Gasteiger partial charge in [0.2, 0.25) is 6.79 Å². The summed E-state index contributed by atoms with van der Waals surface area (Å²) >= 11 is 0. The lowest BCUT2D eigenvalue weighted by molar-refractivity contribution is -0.385. The van der Waals surface area contributed by atoms with Gasteiger partial charge in [-0.05, 0) is 11.3 Å². The van der Waals surface area contributed by atoms with Gasteiger partial charge in [-0.15, -0.1) is 5.10 Å². The minimum Gasteiger partial charge on any atom is -0.454 e. The summed E-state index contributed by atoms with van der Waals surface area (Å²) in [5.41, 5.74) is 0.983. The van der Waals surface area contributed by atoms with E-state index in [4.69, 9.17) is 9.47 Å². The highest BCUT2D eigenvalue weighted by Gasteiger charge is 2.22. The molecule has 2 aliphatic heterocycles. The Morgan fingerprint density at radius 3 is 2.90 bits per heavy atom. The monoisotopic (exact) mass is 275 g/mol. The average molecular weight is 275 g/mol. The summed E-state index contributed by atoms with van der Waals surface area (Å²) in [5.74, 6) is 0.840. The van der Waals surface area contributed by atoms with Crippen LogP contribution in [0.25, 0.3) is 0 Å². The van der Waals surface area contributed by atoms with Crippen molar-refractivity contribution >= 4 is 17.6 Å².